The summed E-state index contributed by atoms with van der Waals surface area (Å²) in [5.41, 5.74) is 2.12. The summed E-state index contributed by atoms with van der Waals surface area (Å²) in [6.45, 7) is 7.32. The van der Waals surface area contributed by atoms with Gasteiger partial charge in [0.15, 0.2) is 0 Å². The van der Waals surface area contributed by atoms with Crippen molar-refractivity contribution in [3.8, 4) is 0 Å². The third kappa shape index (κ3) is 2.95. The molecule has 0 bridgehead atoms. The fourth-order valence-electron chi connectivity index (χ4n) is 2.22. The summed E-state index contributed by atoms with van der Waals surface area (Å²) in [5, 5.41) is 2.79. The Bertz CT molecular complexity index is 560. The number of para-hydroxylation sites is 2. The van der Waals surface area contributed by atoms with Crippen LogP contribution in [-0.2, 0) is 11.3 Å². The van der Waals surface area contributed by atoms with Crippen molar-refractivity contribution in [3.63, 3.8) is 0 Å². The molecule has 0 aliphatic rings. The van der Waals surface area contributed by atoms with Crippen molar-refractivity contribution in [1.29, 1.82) is 0 Å². The van der Waals surface area contributed by atoms with Gasteiger partial charge < -0.3 is 9.88 Å². The van der Waals surface area contributed by atoms with Crippen LogP contribution >= 0.6 is 0 Å². The minimum Gasteiger partial charge on any atom is -0.349 e. The third-order valence-corrected chi connectivity index (χ3v) is 3.32. The molecule has 1 heterocycles. The number of hydrogen-bond donors (Lipinski definition) is 1. The van der Waals surface area contributed by atoms with Crippen LogP contribution in [-0.4, -0.2) is 16.0 Å². The van der Waals surface area contributed by atoms with Gasteiger partial charge in [0.05, 0.1) is 17.1 Å². The van der Waals surface area contributed by atoms with E-state index in [1.54, 1.807) is 0 Å². The Morgan fingerprint density at radius 1 is 1.32 bits per heavy atom. The van der Waals surface area contributed by atoms with Crippen LogP contribution in [0, 0.1) is 5.92 Å². The first-order chi connectivity index (χ1) is 9.13. The van der Waals surface area contributed by atoms with Crippen molar-refractivity contribution in [2.24, 2.45) is 5.92 Å². The van der Waals surface area contributed by atoms with Crippen molar-refractivity contribution < 1.29 is 4.79 Å². The molecule has 1 aromatic carbocycles. The lowest BCUT2D eigenvalue weighted by molar-refractivity contribution is -0.110. The Balaban J connectivity index is 2.42. The average Bonchev–Trinajstić information content (AvgIpc) is 2.75. The summed E-state index contributed by atoms with van der Waals surface area (Å²) >= 11 is 0. The average molecular weight is 259 g/mol. The van der Waals surface area contributed by atoms with Crippen molar-refractivity contribution >= 4 is 17.4 Å². The second kappa shape index (κ2) is 5.87. The van der Waals surface area contributed by atoms with Gasteiger partial charge in [0, 0.05) is 6.54 Å². The minimum atomic E-state index is -0.0722. The van der Waals surface area contributed by atoms with Gasteiger partial charge in [0.1, 0.15) is 5.82 Å². The van der Waals surface area contributed by atoms with E-state index in [4.69, 9.17) is 0 Å². The van der Waals surface area contributed by atoms with E-state index in [-0.39, 0.29) is 6.04 Å². The molecule has 1 atom stereocenters. The largest absolute Gasteiger partial charge is 0.349 e. The molecule has 2 rings (SSSR count). The third-order valence-electron chi connectivity index (χ3n) is 3.32. The predicted molar refractivity (Wildman–Crippen MR) is 76.8 cm³/mol. The fourth-order valence-corrected chi connectivity index (χ4v) is 2.22. The maximum Gasteiger partial charge on any atom is 0.207 e. The standard InChI is InChI=1S/C15H21N3O/c1-11(2)8-9-18-14-7-5-4-6-13(14)17-15(18)12(3)16-10-19/h4-7,10-12H,8-9H2,1-3H3,(H,16,19). The van der Waals surface area contributed by atoms with E-state index in [2.05, 4.69) is 34.8 Å². The first-order valence-electron chi connectivity index (χ1n) is 6.78. The molecule has 102 valence electrons. The minimum absolute atomic E-state index is 0.0722. The zero-order chi connectivity index (χ0) is 13.8. The number of carbonyl (C=O) groups is 1. The van der Waals surface area contributed by atoms with E-state index in [0.717, 1.165) is 36.2 Å². The van der Waals surface area contributed by atoms with Gasteiger partial charge in [-0.05, 0) is 31.4 Å². The highest BCUT2D eigenvalue weighted by atomic mass is 16.1. The molecule has 0 aliphatic heterocycles. The number of hydrogen-bond acceptors (Lipinski definition) is 2. The highest BCUT2D eigenvalue weighted by Crippen LogP contribution is 2.21. The molecule has 0 fully saturated rings. The van der Waals surface area contributed by atoms with Crippen LogP contribution in [0.25, 0.3) is 11.0 Å². The second-order valence-corrected chi connectivity index (χ2v) is 5.30. The lowest BCUT2D eigenvalue weighted by Gasteiger charge is -2.15. The number of nitrogens with zero attached hydrogens (tertiary/aromatic N) is 2. The molecule has 0 spiro atoms. The first-order valence-corrected chi connectivity index (χ1v) is 6.78. The molecule has 1 aromatic heterocycles. The Morgan fingerprint density at radius 2 is 2.05 bits per heavy atom. The summed E-state index contributed by atoms with van der Waals surface area (Å²) in [7, 11) is 0. The van der Waals surface area contributed by atoms with E-state index in [9.17, 15) is 4.79 Å². The smallest absolute Gasteiger partial charge is 0.207 e. The van der Waals surface area contributed by atoms with Crippen molar-refractivity contribution in [2.45, 2.75) is 39.8 Å². The Kier molecular flexibility index (Phi) is 4.20. The van der Waals surface area contributed by atoms with Gasteiger partial charge >= 0.3 is 0 Å². The quantitative estimate of drug-likeness (QED) is 0.811. The van der Waals surface area contributed by atoms with Gasteiger partial charge in [-0.25, -0.2) is 4.98 Å². The first kappa shape index (κ1) is 13.6. The number of nitrogens with one attached hydrogen (secondary N) is 1. The number of aromatic nitrogens is 2. The van der Waals surface area contributed by atoms with Crippen LogP contribution in [0.3, 0.4) is 0 Å². The topological polar surface area (TPSA) is 46.9 Å². The van der Waals surface area contributed by atoms with Gasteiger partial charge in [-0.2, -0.15) is 0 Å². The van der Waals surface area contributed by atoms with Gasteiger partial charge in [-0.15, -0.1) is 0 Å². The van der Waals surface area contributed by atoms with Crippen molar-refractivity contribution in [1.82, 2.24) is 14.9 Å². The lowest BCUT2D eigenvalue weighted by Crippen LogP contribution is -2.21. The molecule has 0 radical (unpaired) electrons. The zero-order valence-corrected chi connectivity index (χ0v) is 11.8. The van der Waals surface area contributed by atoms with Gasteiger partial charge in [0.2, 0.25) is 6.41 Å². The molecular formula is C15H21N3O. The molecule has 0 saturated heterocycles. The molecule has 4 nitrogen and oxygen atoms in total. The summed E-state index contributed by atoms with van der Waals surface area (Å²) in [6, 6.07) is 8.04. The number of benzene rings is 1. The SMILES string of the molecule is CC(C)CCn1c(C(C)NC=O)nc2ccccc21. The van der Waals surface area contributed by atoms with E-state index >= 15 is 0 Å². The van der Waals surface area contributed by atoms with Crippen LogP contribution in [0.4, 0.5) is 0 Å². The highest BCUT2D eigenvalue weighted by molar-refractivity contribution is 5.76. The number of carbonyl (C=O) groups excluding carboxylic acids is 1. The monoisotopic (exact) mass is 259 g/mol. The second-order valence-electron chi connectivity index (χ2n) is 5.30. The molecule has 4 heteroatoms. The van der Waals surface area contributed by atoms with Crippen molar-refractivity contribution in [2.75, 3.05) is 0 Å². The summed E-state index contributed by atoms with van der Waals surface area (Å²) in [6.07, 6.45) is 1.83. The van der Waals surface area contributed by atoms with E-state index in [1.165, 1.54) is 0 Å². The Morgan fingerprint density at radius 3 is 2.74 bits per heavy atom. The van der Waals surface area contributed by atoms with Gasteiger partial charge in [-0.1, -0.05) is 26.0 Å². The molecule has 0 aliphatic carbocycles. The molecule has 1 amide bonds. The van der Waals surface area contributed by atoms with Crippen LogP contribution in [0.15, 0.2) is 24.3 Å². The summed E-state index contributed by atoms with van der Waals surface area (Å²) in [4.78, 5) is 15.3. The normalized spacial score (nSPS) is 12.8. The maximum atomic E-state index is 10.6. The maximum absolute atomic E-state index is 10.6. The van der Waals surface area contributed by atoms with E-state index < -0.39 is 0 Å². The van der Waals surface area contributed by atoms with Gasteiger partial charge in [0.25, 0.3) is 0 Å². The van der Waals surface area contributed by atoms with E-state index in [1.807, 2.05) is 25.1 Å². The highest BCUT2D eigenvalue weighted by Gasteiger charge is 2.15. The molecule has 2 aromatic rings. The Hall–Kier alpha value is -1.84. The molecule has 1 N–H and O–H groups in total. The molecule has 0 saturated carbocycles. The molecule has 1 unspecified atom stereocenters. The van der Waals surface area contributed by atoms with Crippen LogP contribution in [0.5, 0.6) is 0 Å². The molecule has 19 heavy (non-hydrogen) atoms. The lowest BCUT2D eigenvalue weighted by atomic mass is 10.1. The van der Waals surface area contributed by atoms with Crippen LogP contribution in [0.2, 0.25) is 0 Å². The number of amides is 1. The predicted octanol–water partition coefficient (Wildman–Crippen LogP) is 2.89. The zero-order valence-electron chi connectivity index (χ0n) is 11.8. The number of fused-ring (bicyclic) bond motifs is 1. The van der Waals surface area contributed by atoms with Crippen LogP contribution < -0.4 is 5.32 Å². The Labute approximate surface area is 113 Å². The number of imidazole rings is 1. The van der Waals surface area contributed by atoms with E-state index in [0.29, 0.717) is 5.92 Å². The number of aryl methyl sites for hydroxylation is 1. The fraction of sp³-hybridized carbons (Fsp3) is 0.467. The summed E-state index contributed by atoms with van der Waals surface area (Å²) in [5.74, 6) is 1.57. The summed E-state index contributed by atoms with van der Waals surface area (Å²) < 4.78 is 2.22. The number of rotatable bonds is 6. The van der Waals surface area contributed by atoms with Crippen LogP contribution in [0.1, 0.15) is 39.1 Å². The van der Waals surface area contributed by atoms with Crippen molar-refractivity contribution in [3.05, 3.63) is 30.1 Å². The molecular weight excluding hydrogens is 238 g/mol. The van der Waals surface area contributed by atoms with Gasteiger partial charge in [-0.3, -0.25) is 4.79 Å².